The van der Waals surface area contributed by atoms with Crippen molar-refractivity contribution in [2.75, 3.05) is 6.54 Å². The molecule has 0 bridgehead atoms. The molecule has 2 unspecified atom stereocenters. The van der Waals surface area contributed by atoms with Gasteiger partial charge in [-0.25, -0.2) is 0 Å². The van der Waals surface area contributed by atoms with Gasteiger partial charge >= 0.3 is 5.97 Å². The van der Waals surface area contributed by atoms with Gasteiger partial charge in [-0.2, -0.15) is 0 Å². The Morgan fingerprint density at radius 3 is 2.36 bits per heavy atom. The number of carbonyl (C=O) groups excluding carboxylic acids is 1. The van der Waals surface area contributed by atoms with Crippen molar-refractivity contribution in [1.82, 2.24) is 4.90 Å². The third-order valence-corrected chi connectivity index (χ3v) is 2.86. The number of carboxylic acid groups (broad SMARTS) is 1. The second kappa shape index (κ2) is 3.98. The lowest BCUT2D eigenvalue weighted by molar-refractivity contribution is -0.143. The van der Waals surface area contributed by atoms with E-state index in [2.05, 4.69) is 0 Å². The van der Waals surface area contributed by atoms with E-state index in [9.17, 15) is 9.59 Å². The summed E-state index contributed by atoms with van der Waals surface area (Å²) in [6.45, 7) is 6.00. The Balaban J connectivity index is 2.85. The van der Waals surface area contributed by atoms with E-state index in [1.807, 2.05) is 13.8 Å². The SMILES string of the molecule is CC(=O)N1CCC(C(=O)O)C1C(C)C. The Morgan fingerprint density at radius 2 is 2.00 bits per heavy atom. The van der Waals surface area contributed by atoms with Gasteiger partial charge in [0.15, 0.2) is 0 Å². The summed E-state index contributed by atoms with van der Waals surface area (Å²) in [4.78, 5) is 23.9. The number of aliphatic carboxylic acids is 1. The topological polar surface area (TPSA) is 57.6 Å². The zero-order valence-corrected chi connectivity index (χ0v) is 8.86. The van der Waals surface area contributed by atoms with Crippen LogP contribution in [0.15, 0.2) is 0 Å². The standard InChI is InChI=1S/C10H17NO3/c1-6(2)9-8(10(13)14)4-5-11(9)7(3)12/h6,8-9H,4-5H2,1-3H3,(H,13,14). The van der Waals surface area contributed by atoms with Gasteiger partial charge in [-0.05, 0) is 12.3 Å². The Morgan fingerprint density at radius 1 is 1.43 bits per heavy atom. The number of hydrogen-bond donors (Lipinski definition) is 1. The lowest BCUT2D eigenvalue weighted by Gasteiger charge is -2.28. The number of carboxylic acids is 1. The van der Waals surface area contributed by atoms with Crippen LogP contribution < -0.4 is 0 Å². The molecule has 1 fully saturated rings. The first-order valence-electron chi connectivity index (χ1n) is 4.95. The van der Waals surface area contributed by atoms with Crippen LogP contribution >= 0.6 is 0 Å². The van der Waals surface area contributed by atoms with E-state index in [4.69, 9.17) is 5.11 Å². The molecule has 1 N–H and O–H groups in total. The fourth-order valence-electron chi connectivity index (χ4n) is 2.28. The van der Waals surface area contributed by atoms with E-state index < -0.39 is 5.97 Å². The largest absolute Gasteiger partial charge is 0.481 e. The fourth-order valence-corrected chi connectivity index (χ4v) is 2.28. The third kappa shape index (κ3) is 1.89. The molecular weight excluding hydrogens is 182 g/mol. The van der Waals surface area contributed by atoms with Gasteiger partial charge in [0.1, 0.15) is 0 Å². The molecule has 0 aliphatic carbocycles. The summed E-state index contributed by atoms with van der Waals surface area (Å²) in [5, 5.41) is 8.99. The molecule has 0 saturated carbocycles. The first kappa shape index (κ1) is 11.0. The van der Waals surface area contributed by atoms with Gasteiger partial charge in [0.25, 0.3) is 0 Å². The monoisotopic (exact) mass is 199 g/mol. The molecule has 0 radical (unpaired) electrons. The van der Waals surface area contributed by atoms with E-state index in [1.54, 1.807) is 4.90 Å². The summed E-state index contributed by atoms with van der Waals surface area (Å²) >= 11 is 0. The molecule has 2 atom stereocenters. The van der Waals surface area contributed by atoms with Crippen molar-refractivity contribution in [3.8, 4) is 0 Å². The summed E-state index contributed by atoms with van der Waals surface area (Å²) in [6, 6.07) is -0.134. The zero-order valence-electron chi connectivity index (χ0n) is 8.86. The number of amides is 1. The molecule has 1 aliphatic rings. The molecule has 1 amide bonds. The van der Waals surface area contributed by atoms with Crippen molar-refractivity contribution < 1.29 is 14.7 Å². The van der Waals surface area contributed by atoms with Crippen molar-refractivity contribution >= 4 is 11.9 Å². The van der Waals surface area contributed by atoms with Crippen LogP contribution in [0.5, 0.6) is 0 Å². The lowest BCUT2D eigenvalue weighted by atomic mass is 9.91. The molecule has 80 valence electrons. The Hall–Kier alpha value is -1.06. The molecule has 0 aromatic heterocycles. The lowest BCUT2D eigenvalue weighted by Crippen LogP contribution is -2.42. The quantitative estimate of drug-likeness (QED) is 0.720. The minimum absolute atomic E-state index is 0.0209. The number of hydrogen-bond acceptors (Lipinski definition) is 2. The van der Waals surface area contributed by atoms with Crippen molar-refractivity contribution in [3.63, 3.8) is 0 Å². The fraction of sp³-hybridized carbons (Fsp3) is 0.800. The van der Waals surface area contributed by atoms with Crippen molar-refractivity contribution in [2.45, 2.75) is 33.2 Å². The van der Waals surface area contributed by atoms with Crippen LogP contribution in [0, 0.1) is 11.8 Å². The Labute approximate surface area is 83.9 Å². The van der Waals surface area contributed by atoms with Gasteiger partial charge < -0.3 is 10.0 Å². The highest BCUT2D eigenvalue weighted by Crippen LogP contribution is 2.29. The predicted molar refractivity (Wildman–Crippen MR) is 51.8 cm³/mol. The Kier molecular flexibility index (Phi) is 3.13. The van der Waals surface area contributed by atoms with E-state index in [0.29, 0.717) is 13.0 Å². The molecule has 4 nitrogen and oxygen atoms in total. The average molecular weight is 199 g/mol. The normalized spacial score (nSPS) is 27.0. The smallest absolute Gasteiger partial charge is 0.308 e. The first-order chi connectivity index (χ1) is 6.45. The maximum Gasteiger partial charge on any atom is 0.308 e. The molecule has 1 heterocycles. The number of rotatable bonds is 2. The average Bonchev–Trinajstić information content (AvgIpc) is 2.46. The minimum Gasteiger partial charge on any atom is -0.481 e. The molecule has 1 aliphatic heterocycles. The molecule has 0 aromatic rings. The van der Waals surface area contributed by atoms with Crippen LogP contribution in [0.25, 0.3) is 0 Å². The highest BCUT2D eigenvalue weighted by atomic mass is 16.4. The summed E-state index contributed by atoms with van der Waals surface area (Å²) in [5.74, 6) is -0.999. The molecule has 14 heavy (non-hydrogen) atoms. The summed E-state index contributed by atoms with van der Waals surface area (Å²) < 4.78 is 0. The van der Waals surface area contributed by atoms with E-state index >= 15 is 0 Å². The van der Waals surface area contributed by atoms with Crippen LogP contribution in [0.4, 0.5) is 0 Å². The van der Waals surface area contributed by atoms with Crippen LogP contribution in [-0.2, 0) is 9.59 Å². The first-order valence-corrected chi connectivity index (χ1v) is 4.95. The Bertz CT molecular complexity index is 228. The van der Waals surface area contributed by atoms with Gasteiger partial charge in [0.05, 0.1) is 5.92 Å². The van der Waals surface area contributed by atoms with Crippen LogP contribution in [0.2, 0.25) is 0 Å². The summed E-state index contributed by atoms with van der Waals surface area (Å²) in [5.41, 5.74) is 0. The molecular formula is C10H17NO3. The maximum atomic E-state index is 11.3. The third-order valence-electron chi connectivity index (χ3n) is 2.86. The highest BCUT2D eigenvalue weighted by molar-refractivity contribution is 5.77. The molecule has 0 aromatic carbocycles. The highest BCUT2D eigenvalue weighted by Gasteiger charge is 2.41. The van der Waals surface area contributed by atoms with Crippen molar-refractivity contribution in [3.05, 3.63) is 0 Å². The van der Waals surface area contributed by atoms with E-state index in [-0.39, 0.29) is 23.8 Å². The molecule has 1 saturated heterocycles. The second-order valence-electron chi connectivity index (χ2n) is 4.18. The van der Waals surface area contributed by atoms with Crippen LogP contribution in [-0.4, -0.2) is 34.5 Å². The van der Waals surface area contributed by atoms with Gasteiger partial charge in [-0.3, -0.25) is 9.59 Å². The van der Waals surface area contributed by atoms with Gasteiger partial charge in [-0.1, -0.05) is 13.8 Å². The van der Waals surface area contributed by atoms with Crippen LogP contribution in [0.1, 0.15) is 27.2 Å². The molecule has 4 heteroatoms. The van der Waals surface area contributed by atoms with Crippen molar-refractivity contribution in [1.29, 1.82) is 0 Å². The predicted octanol–water partition coefficient (Wildman–Crippen LogP) is 0.964. The number of nitrogens with zero attached hydrogens (tertiary/aromatic N) is 1. The summed E-state index contributed by atoms with van der Waals surface area (Å²) in [7, 11) is 0. The molecule has 0 spiro atoms. The van der Waals surface area contributed by atoms with Gasteiger partial charge in [-0.15, -0.1) is 0 Å². The van der Waals surface area contributed by atoms with Gasteiger partial charge in [0, 0.05) is 19.5 Å². The minimum atomic E-state index is -0.785. The van der Waals surface area contributed by atoms with E-state index in [1.165, 1.54) is 6.92 Å². The van der Waals surface area contributed by atoms with Crippen molar-refractivity contribution in [2.24, 2.45) is 11.8 Å². The number of carbonyl (C=O) groups is 2. The van der Waals surface area contributed by atoms with Gasteiger partial charge in [0.2, 0.25) is 5.91 Å². The molecule has 1 rings (SSSR count). The number of likely N-dealkylation sites (tertiary alicyclic amines) is 1. The van der Waals surface area contributed by atoms with Crippen LogP contribution in [0.3, 0.4) is 0 Å². The summed E-state index contributed by atoms with van der Waals surface area (Å²) in [6.07, 6.45) is 0.581. The van der Waals surface area contributed by atoms with E-state index in [0.717, 1.165) is 0 Å². The maximum absolute atomic E-state index is 11.3. The second-order valence-corrected chi connectivity index (χ2v) is 4.18. The zero-order chi connectivity index (χ0) is 10.9.